The topological polar surface area (TPSA) is 26.0 Å². The molecule has 0 saturated heterocycles. The maximum absolute atomic E-state index is 5.47. The van der Waals surface area contributed by atoms with Gasteiger partial charge in [-0.15, -0.1) is 0 Å². The summed E-state index contributed by atoms with van der Waals surface area (Å²) in [5.74, 6) is 2.81. The molecule has 0 spiro atoms. The quantitative estimate of drug-likeness (QED) is 0.324. The molecule has 0 bridgehead atoms. The molecule has 7 heavy (non-hydrogen) atoms. The van der Waals surface area contributed by atoms with Crippen LogP contribution in [0.4, 0.5) is 0 Å². The first kappa shape index (κ1) is 7.12. The summed E-state index contributed by atoms with van der Waals surface area (Å²) < 4.78 is 2.73. The Morgan fingerprint density at radius 1 is 1.57 bits per heavy atom. The first-order chi connectivity index (χ1) is 3.06. The molecule has 1 nitrogen and oxygen atoms in total. The molecule has 0 aromatic heterocycles. The molecule has 0 saturated carbocycles. The standard InChI is InChI=1S/C5H8N.Li/c1-4-5(2,3)6;/h6H2,2-3H3;. The van der Waals surface area contributed by atoms with Gasteiger partial charge in [0.25, 0.3) is 0 Å². The maximum atomic E-state index is 5.47. The third kappa shape index (κ3) is 6.12. The minimum absolute atomic E-state index is 0.311. The van der Waals surface area contributed by atoms with Crippen molar-refractivity contribution in [3.8, 4) is 10.5 Å². The van der Waals surface area contributed by atoms with E-state index in [1.54, 1.807) is 17.7 Å². The Hall–Kier alpha value is 0.117. The van der Waals surface area contributed by atoms with Gasteiger partial charge in [-0.3, -0.25) is 0 Å². The van der Waals surface area contributed by atoms with Crippen LogP contribution < -0.4 is 5.73 Å². The van der Waals surface area contributed by atoms with Crippen LogP contribution in [0.2, 0.25) is 0 Å². The van der Waals surface area contributed by atoms with Crippen LogP contribution >= 0.6 is 0 Å². The van der Waals surface area contributed by atoms with Crippen LogP contribution in [0.1, 0.15) is 13.8 Å². The van der Waals surface area contributed by atoms with Gasteiger partial charge >= 0.3 is 53.3 Å². The molecule has 0 aliphatic carbocycles. The second kappa shape index (κ2) is 2.43. The normalized spacial score (nSPS) is 9.86. The fraction of sp³-hybridized carbons (Fsp3) is 0.600. The molecule has 2 heteroatoms. The summed E-state index contributed by atoms with van der Waals surface area (Å²) >= 11 is 1.79. The zero-order valence-corrected chi connectivity index (χ0v) is 5.08. The average Bonchev–Trinajstić information content (AvgIpc) is 1.30. The van der Waals surface area contributed by atoms with Gasteiger partial charge in [0, 0.05) is 0 Å². The molecule has 34 valence electrons. The average molecular weight is 89.1 g/mol. The SMILES string of the molecule is [Li][C]#CC(C)(C)N. The first-order valence-corrected chi connectivity index (χ1v) is 2.29. The van der Waals surface area contributed by atoms with E-state index in [9.17, 15) is 0 Å². The summed E-state index contributed by atoms with van der Waals surface area (Å²) in [4.78, 5) is 0. The second-order valence-corrected chi connectivity index (χ2v) is 2.10. The number of hydrogen-bond acceptors (Lipinski definition) is 1. The van der Waals surface area contributed by atoms with E-state index in [0.29, 0.717) is 0 Å². The van der Waals surface area contributed by atoms with Crippen LogP contribution in [0.25, 0.3) is 0 Å². The van der Waals surface area contributed by atoms with E-state index in [4.69, 9.17) is 5.73 Å². The Labute approximate surface area is 53.9 Å². The van der Waals surface area contributed by atoms with Gasteiger partial charge in [-0.25, -0.2) is 0 Å². The van der Waals surface area contributed by atoms with Gasteiger partial charge in [0.15, 0.2) is 0 Å². The van der Waals surface area contributed by atoms with E-state index in [-0.39, 0.29) is 5.54 Å². The molecule has 0 aromatic carbocycles. The van der Waals surface area contributed by atoms with Crippen molar-refractivity contribution in [2.45, 2.75) is 19.4 Å². The van der Waals surface area contributed by atoms with Crippen molar-refractivity contribution >= 4 is 17.7 Å². The summed E-state index contributed by atoms with van der Waals surface area (Å²) in [5, 5.41) is 0. The van der Waals surface area contributed by atoms with Crippen molar-refractivity contribution in [2.24, 2.45) is 5.73 Å². The molecular weight excluding hydrogens is 81.0 g/mol. The van der Waals surface area contributed by atoms with Gasteiger partial charge in [0.1, 0.15) is 0 Å². The molecule has 0 aromatic rings. The molecule has 0 rings (SSSR count). The van der Waals surface area contributed by atoms with E-state index < -0.39 is 0 Å². The summed E-state index contributed by atoms with van der Waals surface area (Å²) in [6.07, 6.45) is 0. The van der Waals surface area contributed by atoms with Crippen molar-refractivity contribution in [1.82, 2.24) is 0 Å². The van der Waals surface area contributed by atoms with Crippen LogP contribution in [0.15, 0.2) is 0 Å². The predicted octanol–water partition coefficient (Wildman–Crippen LogP) is -0.147. The zero-order chi connectivity index (χ0) is 5.91. The van der Waals surface area contributed by atoms with Crippen molar-refractivity contribution in [1.29, 1.82) is 0 Å². The minimum atomic E-state index is -0.311. The number of hydrogen-bond donors (Lipinski definition) is 1. The Balaban J connectivity index is 3.72. The summed E-state index contributed by atoms with van der Waals surface area (Å²) in [5.41, 5.74) is 5.16. The van der Waals surface area contributed by atoms with E-state index >= 15 is 0 Å². The van der Waals surface area contributed by atoms with Crippen LogP contribution in [-0.4, -0.2) is 23.3 Å². The van der Waals surface area contributed by atoms with Gasteiger partial charge < -0.3 is 0 Å². The third-order valence-electron chi connectivity index (χ3n) is 0.447. The van der Waals surface area contributed by atoms with Crippen LogP contribution in [0.3, 0.4) is 0 Å². The predicted molar refractivity (Wildman–Crippen MR) is 31.8 cm³/mol. The molecule has 0 heterocycles. The molecule has 0 unspecified atom stereocenters. The summed E-state index contributed by atoms with van der Waals surface area (Å²) in [6, 6.07) is 0. The molecule has 0 aliphatic rings. The van der Waals surface area contributed by atoms with Crippen molar-refractivity contribution in [2.75, 3.05) is 0 Å². The van der Waals surface area contributed by atoms with Gasteiger partial charge in [0.2, 0.25) is 0 Å². The van der Waals surface area contributed by atoms with Gasteiger partial charge in [0.05, 0.1) is 0 Å². The van der Waals surface area contributed by atoms with E-state index in [2.05, 4.69) is 10.5 Å². The number of rotatable bonds is 0. The van der Waals surface area contributed by atoms with Crippen LogP contribution in [0, 0.1) is 10.5 Å². The van der Waals surface area contributed by atoms with Crippen LogP contribution in [-0.2, 0) is 0 Å². The monoisotopic (exact) mass is 89.1 g/mol. The third-order valence-corrected chi connectivity index (χ3v) is 0.447. The van der Waals surface area contributed by atoms with E-state index in [1.807, 2.05) is 13.8 Å². The van der Waals surface area contributed by atoms with Crippen molar-refractivity contribution in [3.63, 3.8) is 0 Å². The molecule has 0 amide bonds. The molecule has 2 N–H and O–H groups in total. The fourth-order valence-corrected chi connectivity index (χ4v) is 0.322. The molecule has 0 fully saturated rings. The van der Waals surface area contributed by atoms with E-state index in [0.717, 1.165) is 0 Å². The van der Waals surface area contributed by atoms with Crippen LogP contribution in [0.5, 0.6) is 0 Å². The van der Waals surface area contributed by atoms with Gasteiger partial charge in [-0.05, 0) is 0 Å². The Morgan fingerprint density at radius 3 is 2.00 bits per heavy atom. The summed E-state index contributed by atoms with van der Waals surface area (Å²) in [6.45, 7) is 3.76. The van der Waals surface area contributed by atoms with E-state index in [1.165, 1.54) is 0 Å². The summed E-state index contributed by atoms with van der Waals surface area (Å²) in [7, 11) is 0. The fourth-order valence-electron chi connectivity index (χ4n) is 0.322. The molecule has 0 aliphatic heterocycles. The second-order valence-electron chi connectivity index (χ2n) is 2.10. The Kier molecular flexibility index (Phi) is 2.47. The molecular formula is C5H8LiN. The molecule has 0 radical (unpaired) electrons. The molecule has 0 atom stereocenters. The zero-order valence-electron chi connectivity index (χ0n) is 5.08. The number of nitrogens with two attached hydrogens (primary N) is 1. The van der Waals surface area contributed by atoms with Gasteiger partial charge in [-0.2, -0.15) is 0 Å². The van der Waals surface area contributed by atoms with Crippen molar-refractivity contribution < 1.29 is 0 Å². The van der Waals surface area contributed by atoms with Gasteiger partial charge in [-0.1, -0.05) is 0 Å². The Morgan fingerprint density at radius 2 is 2.00 bits per heavy atom. The van der Waals surface area contributed by atoms with Crippen molar-refractivity contribution in [3.05, 3.63) is 0 Å². The first-order valence-electron chi connectivity index (χ1n) is 2.29. The Bertz CT molecular complexity index is 101.